The highest BCUT2D eigenvalue weighted by molar-refractivity contribution is 9.10. The van der Waals surface area contributed by atoms with Crippen molar-refractivity contribution in [3.05, 3.63) is 28.5 Å². The molecule has 18 heavy (non-hydrogen) atoms. The van der Waals surface area contributed by atoms with Gasteiger partial charge in [0.15, 0.2) is 0 Å². The van der Waals surface area contributed by atoms with Gasteiger partial charge in [-0.3, -0.25) is 0 Å². The number of nitrogens with one attached hydrogen (secondary N) is 1. The number of aromatic nitrogens is 1. The lowest BCUT2D eigenvalue weighted by atomic mass is 10.1. The topological polar surface area (TPSA) is 42.0 Å². The molecule has 0 saturated heterocycles. The van der Waals surface area contributed by atoms with Crippen LogP contribution in [0.2, 0.25) is 0 Å². The minimum absolute atomic E-state index is 0.411. The standard InChI is InChI=1S/C13H21BrN2OS/c1-5-7-11(16-18(17)13(2,3)4)10-8-6-9-12(14)15-10/h6,8-9,11,16H,5,7H2,1-4H3/t11-,18+/m0/s1/i11D. The molecule has 0 aromatic carbocycles. The molecule has 0 aliphatic carbocycles. The monoisotopic (exact) mass is 333 g/mol. The highest BCUT2D eigenvalue weighted by Crippen LogP contribution is 2.21. The van der Waals surface area contributed by atoms with Crippen molar-refractivity contribution >= 4 is 26.9 Å². The number of rotatable bonds is 5. The lowest BCUT2D eigenvalue weighted by Crippen LogP contribution is -2.36. The van der Waals surface area contributed by atoms with Crippen molar-refractivity contribution in [2.75, 3.05) is 0 Å². The first-order chi connectivity index (χ1) is 8.69. The molecule has 0 aliphatic rings. The summed E-state index contributed by atoms with van der Waals surface area (Å²) in [6.45, 7) is 7.66. The molecule has 1 heterocycles. The summed E-state index contributed by atoms with van der Waals surface area (Å²) in [6, 6.07) is 4.32. The van der Waals surface area contributed by atoms with Crippen molar-refractivity contribution in [1.82, 2.24) is 9.71 Å². The number of pyridine rings is 1. The van der Waals surface area contributed by atoms with Crippen LogP contribution in [0.3, 0.4) is 0 Å². The van der Waals surface area contributed by atoms with Crippen LogP contribution in [-0.2, 0) is 11.0 Å². The first-order valence-corrected chi connectivity index (χ1v) is 7.96. The maximum absolute atomic E-state index is 12.3. The minimum Gasteiger partial charge on any atom is -0.244 e. The van der Waals surface area contributed by atoms with Crippen LogP contribution in [0, 0.1) is 0 Å². The van der Waals surface area contributed by atoms with Crippen LogP contribution >= 0.6 is 15.9 Å². The normalized spacial score (nSPS) is 17.9. The van der Waals surface area contributed by atoms with Gasteiger partial charge in [-0.1, -0.05) is 19.4 Å². The summed E-state index contributed by atoms with van der Waals surface area (Å²) in [4.78, 5) is 4.33. The van der Waals surface area contributed by atoms with Crippen molar-refractivity contribution in [2.45, 2.75) is 51.3 Å². The van der Waals surface area contributed by atoms with E-state index in [-0.39, 0.29) is 0 Å². The highest BCUT2D eigenvalue weighted by Gasteiger charge is 2.23. The van der Waals surface area contributed by atoms with Crippen LogP contribution in [0.1, 0.15) is 53.6 Å². The van der Waals surface area contributed by atoms with Gasteiger partial charge in [0.1, 0.15) is 4.60 Å². The Kier molecular flexibility index (Phi) is 5.33. The van der Waals surface area contributed by atoms with E-state index in [0.29, 0.717) is 16.7 Å². The Morgan fingerprint density at radius 3 is 2.72 bits per heavy atom. The van der Waals surface area contributed by atoms with Crippen molar-refractivity contribution in [2.24, 2.45) is 0 Å². The number of halogens is 1. The second-order valence-electron chi connectivity index (χ2n) is 5.06. The van der Waals surface area contributed by atoms with Crippen LogP contribution in [0.25, 0.3) is 0 Å². The smallest absolute Gasteiger partial charge is 0.106 e. The maximum Gasteiger partial charge on any atom is 0.106 e. The van der Waals surface area contributed by atoms with Gasteiger partial charge < -0.3 is 0 Å². The van der Waals surface area contributed by atoms with Crippen LogP contribution in [-0.4, -0.2) is 13.9 Å². The van der Waals surface area contributed by atoms with Gasteiger partial charge in [-0.2, -0.15) is 0 Å². The molecular weight excluding hydrogens is 312 g/mol. The van der Waals surface area contributed by atoms with E-state index in [0.717, 1.165) is 6.42 Å². The Balaban J connectivity index is 3.07. The quantitative estimate of drug-likeness (QED) is 0.834. The van der Waals surface area contributed by atoms with Crippen LogP contribution in [0.4, 0.5) is 0 Å². The van der Waals surface area contributed by atoms with E-state index in [1.165, 1.54) is 0 Å². The molecule has 0 bridgehead atoms. The van der Waals surface area contributed by atoms with Crippen molar-refractivity contribution < 1.29 is 5.58 Å². The van der Waals surface area contributed by atoms with Gasteiger partial charge >= 0.3 is 0 Å². The lowest BCUT2D eigenvalue weighted by Gasteiger charge is -2.23. The Morgan fingerprint density at radius 1 is 1.56 bits per heavy atom. The Hall–Kier alpha value is -0.260. The van der Waals surface area contributed by atoms with E-state index in [1.54, 1.807) is 6.07 Å². The van der Waals surface area contributed by atoms with Gasteiger partial charge in [-0.05, 0) is 55.3 Å². The second kappa shape index (κ2) is 6.78. The van der Waals surface area contributed by atoms with E-state index in [1.807, 2.05) is 39.8 Å². The lowest BCUT2D eigenvalue weighted by molar-refractivity contribution is 0.554. The summed E-state index contributed by atoms with van der Waals surface area (Å²) in [5, 5.41) is 0. The molecule has 0 aliphatic heterocycles. The summed E-state index contributed by atoms with van der Waals surface area (Å²) < 4.78 is 24.0. The number of hydrogen-bond donors (Lipinski definition) is 1. The van der Waals surface area contributed by atoms with Crippen LogP contribution in [0.5, 0.6) is 0 Å². The first kappa shape index (κ1) is 14.2. The number of nitrogens with zero attached hydrogens (tertiary/aromatic N) is 1. The molecule has 1 N–H and O–H groups in total. The van der Waals surface area contributed by atoms with Crippen molar-refractivity contribution in [3.63, 3.8) is 0 Å². The predicted molar refractivity (Wildman–Crippen MR) is 80.6 cm³/mol. The molecule has 5 heteroatoms. The molecule has 0 fully saturated rings. The largest absolute Gasteiger partial charge is 0.244 e. The summed E-state index contributed by atoms with van der Waals surface area (Å²) in [6.07, 6.45) is 1.37. The van der Waals surface area contributed by atoms with E-state index < -0.39 is 21.8 Å². The fourth-order valence-corrected chi connectivity index (χ4v) is 2.40. The fourth-order valence-electron chi connectivity index (χ4n) is 1.32. The minimum atomic E-state index is -1.31. The summed E-state index contributed by atoms with van der Waals surface area (Å²) in [5.41, 5.74) is 0.585. The van der Waals surface area contributed by atoms with E-state index in [2.05, 4.69) is 25.6 Å². The molecule has 0 spiro atoms. The van der Waals surface area contributed by atoms with E-state index in [4.69, 9.17) is 1.37 Å². The van der Waals surface area contributed by atoms with Crippen LogP contribution in [0.15, 0.2) is 22.8 Å². The average Bonchev–Trinajstić information content (AvgIpc) is 2.28. The summed E-state index contributed by atoms with van der Waals surface area (Å²) >= 11 is 3.31. The molecule has 0 unspecified atom stereocenters. The molecule has 1 rings (SSSR count). The fraction of sp³-hybridized carbons (Fsp3) is 0.615. The average molecular weight is 334 g/mol. The SMILES string of the molecule is [2H][C@@](CCC)(N[S@](=O)C(C)(C)C)c1cccc(Br)n1. The molecule has 0 amide bonds. The number of hydrogen-bond acceptors (Lipinski definition) is 2. The molecule has 0 radical (unpaired) electrons. The van der Waals surface area contributed by atoms with Crippen molar-refractivity contribution in [1.29, 1.82) is 0 Å². The van der Waals surface area contributed by atoms with Gasteiger partial charge in [0.2, 0.25) is 0 Å². The molecule has 1 aromatic rings. The summed E-state index contributed by atoms with van der Waals surface area (Å²) in [7, 11) is -1.31. The molecule has 2 atom stereocenters. The van der Waals surface area contributed by atoms with Gasteiger partial charge in [-0.25, -0.2) is 13.9 Å². The third-order valence-electron chi connectivity index (χ3n) is 2.30. The van der Waals surface area contributed by atoms with Crippen molar-refractivity contribution in [3.8, 4) is 0 Å². The molecule has 3 nitrogen and oxygen atoms in total. The van der Waals surface area contributed by atoms with Gasteiger partial charge in [0.05, 0.1) is 28.8 Å². The molecule has 102 valence electrons. The molecular formula is C13H21BrN2OS. The van der Waals surface area contributed by atoms with Gasteiger partial charge in [-0.15, -0.1) is 0 Å². The third kappa shape index (κ3) is 4.78. The zero-order chi connectivity index (χ0) is 14.7. The Morgan fingerprint density at radius 2 is 2.22 bits per heavy atom. The second-order valence-corrected chi connectivity index (χ2v) is 7.84. The predicted octanol–water partition coefficient (Wildman–Crippen LogP) is 3.74. The molecule has 1 aromatic heterocycles. The zero-order valence-electron chi connectivity index (χ0n) is 12.3. The zero-order valence-corrected chi connectivity index (χ0v) is 13.7. The highest BCUT2D eigenvalue weighted by atomic mass is 79.9. The molecule has 0 saturated carbocycles. The van der Waals surface area contributed by atoms with E-state index in [9.17, 15) is 4.21 Å². The first-order valence-electron chi connectivity index (χ1n) is 6.52. The Bertz CT molecular complexity index is 464. The van der Waals surface area contributed by atoms with E-state index >= 15 is 0 Å². The van der Waals surface area contributed by atoms with Gasteiger partial charge in [0.25, 0.3) is 0 Å². The van der Waals surface area contributed by atoms with Gasteiger partial charge in [0, 0.05) is 0 Å². The summed E-state index contributed by atoms with van der Waals surface area (Å²) in [5.74, 6) is 0. The third-order valence-corrected chi connectivity index (χ3v) is 4.28. The maximum atomic E-state index is 12.3. The van der Waals surface area contributed by atoms with Crippen LogP contribution < -0.4 is 4.72 Å². The Labute approximate surface area is 122 Å².